The topological polar surface area (TPSA) is 56.7 Å². The average molecular weight is 797 g/mol. The molecule has 0 aliphatic carbocycles. The summed E-state index contributed by atoms with van der Waals surface area (Å²) in [5, 5.41) is 9.24. The van der Waals surface area contributed by atoms with Gasteiger partial charge in [-0.2, -0.15) is 0 Å². The van der Waals surface area contributed by atoms with Gasteiger partial charge in [-0.05, 0) is 76.5 Å². The standard InChI is InChI=1S/C55H32N4OS/c1-2-14-33(15-3-1)34-18-12-19-37(28-34)53-56-54(43-24-13-23-42-41-22-8-11-27-50(41)61-52(42)43)58-55(57-53)46-32-38(31-45-40-21-7-10-26-49(40)60-51(45)46)59-47-25-9-6-20-39(47)44-29-35-16-4-5-17-36(35)30-48(44)59/h1-32H. The summed E-state index contributed by atoms with van der Waals surface area (Å²) in [6.07, 6.45) is 0. The Balaban J connectivity index is 1.12. The van der Waals surface area contributed by atoms with Gasteiger partial charge in [0.15, 0.2) is 17.5 Å². The van der Waals surface area contributed by atoms with Gasteiger partial charge in [-0.25, -0.2) is 15.0 Å². The van der Waals surface area contributed by atoms with Crippen molar-refractivity contribution in [3.8, 4) is 51.0 Å². The Morgan fingerprint density at radius 2 is 1.05 bits per heavy atom. The molecular formula is C55H32N4OS. The number of furan rings is 1. The predicted octanol–water partition coefficient (Wildman–Crippen LogP) is 15.1. The normalized spacial score (nSPS) is 11.9. The molecule has 61 heavy (non-hydrogen) atoms. The first kappa shape index (κ1) is 34.0. The highest BCUT2D eigenvalue weighted by Crippen LogP contribution is 2.43. The van der Waals surface area contributed by atoms with E-state index in [1.807, 2.05) is 18.2 Å². The van der Waals surface area contributed by atoms with Crippen LogP contribution in [-0.2, 0) is 0 Å². The van der Waals surface area contributed by atoms with E-state index in [-0.39, 0.29) is 0 Å². The van der Waals surface area contributed by atoms with Crippen molar-refractivity contribution in [3.05, 3.63) is 194 Å². The molecule has 0 saturated heterocycles. The van der Waals surface area contributed by atoms with E-state index in [4.69, 9.17) is 19.4 Å². The second-order valence-corrected chi connectivity index (χ2v) is 16.6. The fraction of sp³-hybridized carbons (Fsp3) is 0. The van der Waals surface area contributed by atoms with Crippen molar-refractivity contribution >= 4 is 86.0 Å². The molecule has 4 heterocycles. The maximum absolute atomic E-state index is 6.81. The quantitative estimate of drug-likeness (QED) is 0.174. The highest BCUT2D eigenvalue weighted by Gasteiger charge is 2.23. The van der Waals surface area contributed by atoms with Crippen LogP contribution >= 0.6 is 11.3 Å². The lowest BCUT2D eigenvalue weighted by Gasteiger charge is -2.13. The van der Waals surface area contributed by atoms with E-state index in [2.05, 4.69) is 180 Å². The van der Waals surface area contributed by atoms with E-state index in [0.29, 0.717) is 17.5 Å². The summed E-state index contributed by atoms with van der Waals surface area (Å²) in [7, 11) is 0. The molecule has 6 heteroatoms. The van der Waals surface area contributed by atoms with Crippen molar-refractivity contribution in [2.75, 3.05) is 0 Å². The van der Waals surface area contributed by atoms with Crippen molar-refractivity contribution in [1.29, 1.82) is 0 Å². The van der Waals surface area contributed by atoms with Gasteiger partial charge in [0.05, 0.1) is 16.6 Å². The third-order valence-corrected chi connectivity index (χ3v) is 13.2. The van der Waals surface area contributed by atoms with Crippen molar-refractivity contribution in [3.63, 3.8) is 0 Å². The van der Waals surface area contributed by atoms with Crippen LogP contribution in [0.25, 0.3) is 126 Å². The average Bonchev–Trinajstić information content (AvgIpc) is 4.00. The minimum atomic E-state index is 0.542. The van der Waals surface area contributed by atoms with Gasteiger partial charge in [0, 0.05) is 58.5 Å². The van der Waals surface area contributed by atoms with Crippen LogP contribution in [0.2, 0.25) is 0 Å². The summed E-state index contributed by atoms with van der Waals surface area (Å²) in [5.41, 5.74) is 9.68. The zero-order valence-corrected chi connectivity index (χ0v) is 33.4. The fourth-order valence-corrected chi connectivity index (χ4v) is 10.4. The number of fused-ring (bicyclic) bond motifs is 10. The molecule has 0 radical (unpaired) electrons. The van der Waals surface area contributed by atoms with Crippen LogP contribution in [0.1, 0.15) is 0 Å². The third-order valence-electron chi connectivity index (χ3n) is 12.0. The van der Waals surface area contributed by atoms with Crippen LogP contribution in [0.15, 0.2) is 199 Å². The van der Waals surface area contributed by atoms with E-state index in [1.165, 1.54) is 37.0 Å². The largest absolute Gasteiger partial charge is 0.455 e. The number of hydrogen-bond acceptors (Lipinski definition) is 5. The molecule has 0 amide bonds. The molecule has 0 aliphatic rings. The maximum Gasteiger partial charge on any atom is 0.167 e. The van der Waals surface area contributed by atoms with Crippen LogP contribution in [0, 0.1) is 0 Å². The van der Waals surface area contributed by atoms with Gasteiger partial charge in [0.25, 0.3) is 0 Å². The Labute approximate surface area is 353 Å². The number of para-hydroxylation sites is 2. The molecule has 0 atom stereocenters. The lowest BCUT2D eigenvalue weighted by Crippen LogP contribution is -2.02. The molecular weight excluding hydrogens is 765 g/mol. The zero-order chi connectivity index (χ0) is 40.0. The highest BCUT2D eigenvalue weighted by atomic mass is 32.1. The van der Waals surface area contributed by atoms with Crippen LogP contribution in [0.4, 0.5) is 0 Å². The van der Waals surface area contributed by atoms with Crippen LogP contribution in [0.3, 0.4) is 0 Å². The van der Waals surface area contributed by atoms with Crippen molar-refractivity contribution in [1.82, 2.24) is 19.5 Å². The molecule has 0 bridgehead atoms. The Morgan fingerprint density at radius 3 is 1.93 bits per heavy atom. The van der Waals surface area contributed by atoms with Crippen LogP contribution in [0.5, 0.6) is 0 Å². The Morgan fingerprint density at radius 1 is 0.393 bits per heavy atom. The molecule has 5 nitrogen and oxygen atoms in total. The SMILES string of the molecule is c1ccc(-c2cccc(-c3nc(-c4cc(-n5c6ccccc6c6cc7ccccc7cc65)cc5c4oc4ccccc45)nc(-c4cccc5c4sc4ccccc45)n3)c2)cc1. The first-order chi connectivity index (χ1) is 30.2. The number of thiophene rings is 1. The molecule has 0 spiro atoms. The summed E-state index contributed by atoms with van der Waals surface area (Å²) in [6.45, 7) is 0. The summed E-state index contributed by atoms with van der Waals surface area (Å²) >= 11 is 1.77. The number of nitrogens with zero attached hydrogens (tertiary/aromatic N) is 4. The predicted molar refractivity (Wildman–Crippen MR) is 254 cm³/mol. The van der Waals surface area contributed by atoms with Crippen LogP contribution < -0.4 is 0 Å². The lowest BCUT2D eigenvalue weighted by atomic mass is 10.0. The molecule has 0 saturated carbocycles. The Hall–Kier alpha value is -7.93. The van der Waals surface area contributed by atoms with E-state index < -0.39 is 0 Å². The Bertz CT molecular complexity index is 3900. The lowest BCUT2D eigenvalue weighted by molar-refractivity contribution is 0.669. The summed E-state index contributed by atoms with van der Waals surface area (Å²) in [6, 6.07) is 68.6. The van der Waals surface area contributed by atoms with E-state index in [0.717, 1.165) is 71.2 Å². The minimum Gasteiger partial charge on any atom is -0.455 e. The monoisotopic (exact) mass is 796 g/mol. The second-order valence-electron chi connectivity index (χ2n) is 15.6. The summed E-state index contributed by atoms with van der Waals surface area (Å²) in [4.78, 5) is 16.1. The van der Waals surface area contributed by atoms with Crippen molar-refractivity contribution < 1.29 is 4.42 Å². The number of aromatic nitrogens is 4. The van der Waals surface area contributed by atoms with Gasteiger partial charge < -0.3 is 8.98 Å². The second kappa shape index (κ2) is 13.3. The maximum atomic E-state index is 6.81. The summed E-state index contributed by atoms with van der Waals surface area (Å²) < 4.78 is 11.6. The van der Waals surface area contributed by atoms with Crippen molar-refractivity contribution in [2.24, 2.45) is 0 Å². The zero-order valence-electron chi connectivity index (χ0n) is 32.6. The molecule has 13 rings (SSSR count). The molecule has 0 N–H and O–H groups in total. The van der Waals surface area contributed by atoms with Crippen molar-refractivity contribution in [2.45, 2.75) is 0 Å². The van der Waals surface area contributed by atoms with E-state index in [9.17, 15) is 0 Å². The van der Waals surface area contributed by atoms with Crippen LogP contribution in [-0.4, -0.2) is 19.5 Å². The number of benzene rings is 9. The van der Waals surface area contributed by atoms with Gasteiger partial charge in [-0.1, -0.05) is 140 Å². The Kier molecular flexibility index (Phi) is 7.41. The first-order valence-electron chi connectivity index (χ1n) is 20.4. The fourth-order valence-electron chi connectivity index (χ4n) is 9.18. The van der Waals surface area contributed by atoms with Gasteiger partial charge in [0.1, 0.15) is 11.2 Å². The van der Waals surface area contributed by atoms with Gasteiger partial charge >= 0.3 is 0 Å². The molecule has 4 aromatic heterocycles. The highest BCUT2D eigenvalue weighted by molar-refractivity contribution is 7.26. The number of hydrogen-bond donors (Lipinski definition) is 0. The molecule has 0 aliphatic heterocycles. The smallest absolute Gasteiger partial charge is 0.167 e. The van der Waals surface area contributed by atoms with E-state index in [1.54, 1.807) is 11.3 Å². The molecule has 0 fully saturated rings. The molecule has 0 unspecified atom stereocenters. The molecule has 13 aromatic rings. The first-order valence-corrected chi connectivity index (χ1v) is 21.2. The minimum absolute atomic E-state index is 0.542. The van der Waals surface area contributed by atoms with E-state index >= 15 is 0 Å². The van der Waals surface area contributed by atoms with Gasteiger partial charge in [-0.15, -0.1) is 11.3 Å². The van der Waals surface area contributed by atoms with Gasteiger partial charge in [-0.3, -0.25) is 0 Å². The number of rotatable bonds is 5. The van der Waals surface area contributed by atoms with Gasteiger partial charge in [0.2, 0.25) is 0 Å². The third kappa shape index (κ3) is 5.36. The molecule has 9 aromatic carbocycles. The summed E-state index contributed by atoms with van der Waals surface area (Å²) in [5.74, 6) is 1.74. The molecule has 284 valence electrons.